The molecule has 1 aliphatic heterocycles. The zero-order chi connectivity index (χ0) is 15.7. The molecule has 2 aromatic carbocycles. The van der Waals surface area contributed by atoms with Gasteiger partial charge in [0.05, 0.1) is 11.6 Å². The summed E-state index contributed by atoms with van der Waals surface area (Å²) in [5, 5.41) is 2.93. The Morgan fingerprint density at radius 3 is 2.64 bits per heavy atom. The number of amides is 1. The van der Waals surface area contributed by atoms with E-state index >= 15 is 0 Å². The molecule has 0 saturated carbocycles. The molecule has 0 fully saturated rings. The van der Waals surface area contributed by atoms with Crippen LogP contribution < -0.4 is 10.1 Å². The molecule has 114 valence electrons. The van der Waals surface area contributed by atoms with Crippen molar-refractivity contribution < 1.29 is 13.9 Å². The highest BCUT2D eigenvalue weighted by atomic mass is 19.1. The van der Waals surface area contributed by atoms with Crippen molar-refractivity contribution in [3.63, 3.8) is 0 Å². The van der Waals surface area contributed by atoms with Crippen LogP contribution in [0.1, 0.15) is 42.2 Å². The Kier molecular flexibility index (Phi) is 3.61. The molecule has 0 saturated heterocycles. The van der Waals surface area contributed by atoms with Crippen LogP contribution in [0.3, 0.4) is 0 Å². The van der Waals surface area contributed by atoms with Crippen LogP contribution in [0.15, 0.2) is 48.5 Å². The van der Waals surface area contributed by atoms with Crippen LogP contribution in [0.25, 0.3) is 0 Å². The molecule has 0 aromatic heterocycles. The molecule has 2 aromatic rings. The normalized spacial score (nSPS) is 19.0. The minimum atomic E-state index is -0.514. The molecule has 1 atom stereocenters. The number of nitrogens with one attached hydrogen (secondary N) is 1. The second kappa shape index (κ2) is 5.44. The van der Waals surface area contributed by atoms with E-state index in [1.54, 1.807) is 12.1 Å². The Balaban J connectivity index is 1.89. The second-order valence-corrected chi connectivity index (χ2v) is 6.11. The van der Waals surface area contributed by atoms with Gasteiger partial charge in [0, 0.05) is 12.0 Å². The van der Waals surface area contributed by atoms with Gasteiger partial charge in [0.2, 0.25) is 0 Å². The summed E-state index contributed by atoms with van der Waals surface area (Å²) < 4.78 is 19.7. The number of hydrogen-bond acceptors (Lipinski definition) is 2. The Bertz CT molecular complexity index is 712. The summed E-state index contributed by atoms with van der Waals surface area (Å²) in [7, 11) is 0. The van der Waals surface area contributed by atoms with Gasteiger partial charge in [-0.05, 0) is 32.0 Å². The molecule has 0 aliphatic carbocycles. The monoisotopic (exact) mass is 299 g/mol. The van der Waals surface area contributed by atoms with E-state index in [9.17, 15) is 9.18 Å². The van der Waals surface area contributed by atoms with E-state index in [1.807, 2.05) is 38.1 Å². The van der Waals surface area contributed by atoms with Crippen LogP contribution >= 0.6 is 0 Å². The summed E-state index contributed by atoms with van der Waals surface area (Å²) in [6.07, 6.45) is 0.629. The third-order valence-corrected chi connectivity index (χ3v) is 3.80. The number of fused-ring (bicyclic) bond motifs is 1. The lowest BCUT2D eigenvalue weighted by atomic mass is 9.89. The number of carbonyl (C=O) groups excluding carboxylic acids is 1. The average molecular weight is 299 g/mol. The summed E-state index contributed by atoms with van der Waals surface area (Å²) in [5.41, 5.74) is 0.595. The summed E-state index contributed by atoms with van der Waals surface area (Å²) in [5.74, 6) is -0.159. The molecule has 0 bridgehead atoms. The fourth-order valence-electron chi connectivity index (χ4n) is 2.81. The SMILES string of the molecule is CC1(C)C[C@H](NC(=O)c2ccccc2F)c2ccccc2O1. The first-order valence-electron chi connectivity index (χ1n) is 7.30. The number of benzene rings is 2. The minimum absolute atomic E-state index is 0.0595. The molecular weight excluding hydrogens is 281 g/mol. The largest absolute Gasteiger partial charge is 0.487 e. The summed E-state index contributed by atoms with van der Waals surface area (Å²) in [4.78, 5) is 12.4. The van der Waals surface area contributed by atoms with E-state index < -0.39 is 11.7 Å². The number of ether oxygens (including phenoxy) is 1. The van der Waals surface area contributed by atoms with Crippen molar-refractivity contribution in [1.82, 2.24) is 5.32 Å². The van der Waals surface area contributed by atoms with Crippen molar-refractivity contribution in [2.45, 2.75) is 31.9 Å². The molecule has 3 rings (SSSR count). The smallest absolute Gasteiger partial charge is 0.254 e. The van der Waals surface area contributed by atoms with Crippen molar-refractivity contribution in [1.29, 1.82) is 0 Å². The highest BCUT2D eigenvalue weighted by Crippen LogP contribution is 2.39. The maximum absolute atomic E-state index is 13.8. The van der Waals surface area contributed by atoms with E-state index in [1.165, 1.54) is 12.1 Å². The van der Waals surface area contributed by atoms with Gasteiger partial charge in [0.1, 0.15) is 17.2 Å². The fraction of sp³-hybridized carbons (Fsp3) is 0.278. The van der Waals surface area contributed by atoms with Gasteiger partial charge in [-0.1, -0.05) is 30.3 Å². The molecule has 1 amide bonds. The lowest BCUT2D eigenvalue weighted by Crippen LogP contribution is -2.41. The first kappa shape index (κ1) is 14.6. The third kappa shape index (κ3) is 2.82. The van der Waals surface area contributed by atoms with Gasteiger partial charge in [0.25, 0.3) is 5.91 Å². The fourth-order valence-corrected chi connectivity index (χ4v) is 2.81. The van der Waals surface area contributed by atoms with E-state index in [-0.39, 0.29) is 17.2 Å². The first-order valence-corrected chi connectivity index (χ1v) is 7.30. The van der Waals surface area contributed by atoms with E-state index in [2.05, 4.69) is 5.32 Å². The lowest BCUT2D eigenvalue weighted by Gasteiger charge is -2.37. The molecular formula is C18H18FNO2. The van der Waals surface area contributed by atoms with Crippen LogP contribution in [0.4, 0.5) is 4.39 Å². The molecule has 1 heterocycles. The number of para-hydroxylation sites is 1. The maximum Gasteiger partial charge on any atom is 0.254 e. The molecule has 0 spiro atoms. The van der Waals surface area contributed by atoms with Gasteiger partial charge < -0.3 is 10.1 Å². The number of carbonyl (C=O) groups is 1. The number of halogens is 1. The topological polar surface area (TPSA) is 38.3 Å². The van der Waals surface area contributed by atoms with Gasteiger partial charge in [-0.3, -0.25) is 4.79 Å². The van der Waals surface area contributed by atoms with Crippen LogP contribution in [0.2, 0.25) is 0 Å². The van der Waals surface area contributed by atoms with Crippen molar-refractivity contribution in [2.24, 2.45) is 0 Å². The Morgan fingerprint density at radius 2 is 1.86 bits per heavy atom. The van der Waals surface area contributed by atoms with Crippen LogP contribution in [-0.2, 0) is 0 Å². The summed E-state index contributed by atoms with van der Waals surface area (Å²) >= 11 is 0. The van der Waals surface area contributed by atoms with Crippen molar-refractivity contribution in [2.75, 3.05) is 0 Å². The molecule has 1 N–H and O–H groups in total. The van der Waals surface area contributed by atoms with E-state index in [4.69, 9.17) is 4.74 Å². The number of hydrogen-bond donors (Lipinski definition) is 1. The zero-order valence-corrected chi connectivity index (χ0v) is 12.6. The number of rotatable bonds is 2. The second-order valence-electron chi connectivity index (χ2n) is 6.11. The quantitative estimate of drug-likeness (QED) is 0.914. The molecule has 4 heteroatoms. The average Bonchev–Trinajstić information content (AvgIpc) is 2.46. The predicted octanol–water partition coefficient (Wildman–Crippen LogP) is 3.86. The highest BCUT2D eigenvalue weighted by molar-refractivity contribution is 5.94. The van der Waals surface area contributed by atoms with Crippen molar-refractivity contribution >= 4 is 5.91 Å². The van der Waals surface area contributed by atoms with Gasteiger partial charge >= 0.3 is 0 Å². The molecule has 0 radical (unpaired) electrons. The van der Waals surface area contributed by atoms with E-state index in [0.717, 1.165) is 11.3 Å². The van der Waals surface area contributed by atoms with Crippen LogP contribution in [-0.4, -0.2) is 11.5 Å². The van der Waals surface area contributed by atoms with Gasteiger partial charge in [-0.25, -0.2) is 4.39 Å². The van der Waals surface area contributed by atoms with E-state index in [0.29, 0.717) is 6.42 Å². The molecule has 22 heavy (non-hydrogen) atoms. The predicted molar refractivity (Wildman–Crippen MR) is 82.4 cm³/mol. The third-order valence-electron chi connectivity index (χ3n) is 3.80. The van der Waals surface area contributed by atoms with Gasteiger partial charge in [-0.15, -0.1) is 0 Å². The standard InChI is InChI=1S/C18H18FNO2/c1-18(2)11-15(13-8-4-6-10-16(13)22-18)20-17(21)12-7-3-5-9-14(12)19/h3-10,15H,11H2,1-2H3,(H,20,21)/t15-/m0/s1. The van der Waals surface area contributed by atoms with Crippen molar-refractivity contribution in [3.05, 3.63) is 65.5 Å². The molecule has 0 unspecified atom stereocenters. The lowest BCUT2D eigenvalue weighted by molar-refractivity contribution is 0.0618. The van der Waals surface area contributed by atoms with Crippen molar-refractivity contribution in [3.8, 4) is 5.75 Å². The van der Waals surface area contributed by atoms with Gasteiger partial charge in [-0.2, -0.15) is 0 Å². The summed E-state index contributed by atoms with van der Waals surface area (Å²) in [6.45, 7) is 3.95. The Labute approximate surface area is 129 Å². The first-order chi connectivity index (χ1) is 10.5. The van der Waals surface area contributed by atoms with Gasteiger partial charge in [0.15, 0.2) is 0 Å². The summed E-state index contributed by atoms with van der Waals surface area (Å²) in [6, 6.07) is 13.4. The Morgan fingerprint density at radius 1 is 1.18 bits per heavy atom. The Hall–Kier alpha value is -2.36. The molecule has 3 nitrogen and oxygen atoms in total. The molecule has 1 aliphatic rings. The van der Waals surface area contributed by atoms with Crippen LogP contribution in [0, 0.1) is 5.82 Å². The maximum atomic E-state index is 13.8. The zero-order valence-electron chi connectivity index (χ0n) is 12.6. The highest BCUT2D eigenvalue weighted by Gasteiger charge is 2.34. The minimum Gasteiger partial charge on any atom is -0.487 e. The van der Waals surface area contributed by atoms with Crippen LogP contribution in [0.5, 0.6) is 5.75 Å².